The third-order valence-corrected chi connectivity index (χ3v) is 3.91. The summed E-state index contributed by atoms with van der Waals surface area (Å²) in [5, 5.41) is 0. The first kappa shape index (κ1) is 13.0. The Labute approximate surface area is 95.2 Å². The Morgan fingerprint density at radius 1 is 1.40 bits per heavy atom. The lowest BCUT2D eigenvalue weighted by Crippen LogP contribution is -2.45. The van der Waals surface area contributed by atoms with Crippen molar-refractivity contribution in [2.24, 2.45) is 17.6 Å². The Bertz CT molecular complexity index is 170. The van der Waals surface area contributed by atoms with Crippen LogP contribution in [-0.4, -0.2) is 31.1 Å². The van der Waals surface area contributed by atoms with Crippen molar-refractivity contribution in [2.75, 3.05) is 20.1 Å². The summed E-state index contributed by atoms with van der Waals surface area (Å²) in [5.41, 5.74) is 5.94. The molecule has 1 aliphatic carbocycles. The highest BCUT2D eigenvalue weighted by atomic mass is 15.1. The second-order valence-electron chi connectivity index (χ2n) is 5.32. The molecule has 0 amide bonds. The van der Waals surface area contributed by atoms with Crippen molar-refractivity contribution in [1.29, 1.82) is 0 Å². The van der Waals surface area contributed by atoms with Gasteiger partial charge in [-0.05, 0) is 44.7 Å². The van der Waals surface area contributed by atoms with Crippen LogP contribution < -0.4 is 5.73 Å². The van der Waals surface area contributed by atoms with Crippen LogP contribution in [0.2, 0.25) is 0 Å². The maximum atomic E-state index is 5.94. The van der Waals surface area contributed by atoms with Gasteiger partial charge < -0.3 is 10.6 Å². The Balaban J connectivity index is 2.48. The first-order valence-corrected chi connectivity index (χ1v) is 6.59. The molecule has 0 heterocycles. The molecule has 0 aromatic rings. The standard InChI is InChI=1S/C13H28N2/c1-4-8-15(3)13(10-14)12-7-5-6-11(2)9-12/h11-13H,4-10,14H2,1-3H3. The average Bonchev–Trinajstić information content (AvgIpc) is 2.19. The molecule has 2 N–H and O–H groups in total. The lowest BCUT2D eigenvalue weighted by molar-refractivity contribution is 0.131. The van der Waals surface area contributed by atoms with Crippen LogP contribution in [0.5, 0.6) is 0 Å². The van der Waals surface area contributed by atoms with Crippen LogP contribution in [-0.2, 0) is 0 Å². The summed E-state index contributed by atoms with van der Waals surface area (Å²) in [6, 6.07) is 0.618. The van der Waals surface area contributed by atoms with Crippen LogP contribution in [0.4, 0.5) is 0 Å². The van der Waals surface area contributed by atoms with Gasteiger partial charge in [0, 0.05) is 12.6 Å². The average molecular weight is 212 g/mol. The van der Waals surface area contributed by atoms with Crippen molar-refractivity contribution in [3.63, 3.8) is 0 Å². The summed E-state index contributed by atoms with van der Waals surface area (Å²) in [4.78, 5) is 2.47. The van der Waals surface area contributed by atoms with E-state index in [9.17, 15) is 0 Å². The lowest BCUT2D eigenvalue weighted by atomic mass is 9.78. The molecule has 1 fully saturated rings. The summed E-state index contributed by atoms with van der Waals surface area (Å²) in [7, 11) is 2.24. The first-order valence-electron chi connectivity index (χ1n) is 6.59. The van der Waals surface area contributed by atoms with E-state index in [1.807, 2.05) is 0 Å². The van der Waals surface area contributed by atoms with Crippen molar-refractivity contribution in [2.45, 2.75) is 52.0 Å². The Morgan fingerprint density at radius 2 is 2.13 bits per heavy atom. The highest BCUT2D eigenvalue weighted by Gasteiger charge is 2.27. The summed E-state index contributed by atoms with van der Waals surface area (Å²) in [6.07, 6.45) is 6.83. The molecular formula is C13H28N2. The topological polar surface area (TPSA) is 29.3 Å². The molecular weight excluding hydrogens is 184 g/mol. The minimum absolute atomic E-state index is 0.618. The molecule has 0 aromatic carbocycles. The van der Waals surface area contributed by atoms with Crippen LogP contribution in [0.1, 0.15) is 46.0 Å². The van der Waals surface area contributed by atoms with Crippen molar-refractivity contribution in [3.8, 4) is 0 Å². The first-order chi connectivity index (χ1) is 7.19. The van der Waals surface area contributed by atoms with Gasteiger partial charge in [0.15, 0.2) is 0 Å². The summed E-state index contributed by atoms with van der Waals surface area (Å²) in [6.45, 7) is 6.65. The third kappa shape index (κ3) is 3.76. The number of likely N-dealkylation sites (N-methyl/N-ethyl adjacent to an activating group) is 1. The van der Waals surface area contributed by atoms with Gasteiger partial charge in [-0.3, -0.25) is 0 Å². The fourth-order valence-electron chi connectivity index (χ4n) is 3.08. The maximum Gasteiger partial charge on any atom is 0.0243 e. The highest BCUT2D eigenvalue weighted by molar-refractivity contribution is 4.82. The van der Waals surface area contributed by atoms with Crippen LogP contribution in [0.25, 0.3) is 0 Å². The van der Waals surface area contributed by atoms with E-state index in [0.717, 1.165) is 18.4 Å². The predicted molar refractivity (Wildman–Crippen MR) is 66.9 cm³/mol. The zero-order chi connectivity index (χ0) is 11.3. The Kier molecular flexibility index (Phi) is 5.62. The van der Waals surface area contributed by atoms with Crippen molar-refractivity contribution in [1.82, 2.24) is 4.90 Å². The Morgan fingerprint density at radius 3 is 2.67 bits per heavy atom. The normalized spacial score (nSPS) is 29.4. The van der Waals surface area contributed by atoms with E-state index in [4.69, 9.17) is 5.73 Å². The number of hydrogen-bond acceptors (Lipinski definition) is 2. The zero-order valence-electron chi connectivity index (χ0n) is 10.7. The quantitative estimate of drug-likeness (QED) is 0.758. The van der Waals surface area contributed by atoms with Crippen molar-refractivity contribution >= 4 is 0 Å². The summed E-state index contributed by atoms with van der Waals surface area (Å²) < 4.78 is 0. The van der Waals surface area contributed by atoms with E-state index < -0.39 is 0 Å². The number of rotatable bonds is 5. The fraction of sp³-hybridized carbons (Fsp3) is 1.00. The molecule has 90 valence electrons. The van der Waals surface area contributed by atoms with E-state index >= 15 is 0 Å². The van der Waals surface area contributed by atoms with Gasteiger partial charge in [0.1, 0.15) is 0 Å². The van der Waals surface area contributed by atoms with E-state index in [-0.39, 0.29) is 0 Å². The van der Waals surface area contributed by atoms with Crippen molar-refractivity contribution in [3.05, 3.63) is 0 Å². The second-order valence-corrected chi connectivity index (χ2v) is 5.32. The van der Waals surface area contributed by atoms with Gasteiger partial charge in [-0.15, -0.1) is 0 Å². The smallest absolute Gasteiger partial charge is 0.0243 e. The predicted octanol–water partition coefficient (Wildman–Crippen LogP) is 2.48. The molecule has 0 spiro atoms. The molecule has 0 bridgehead atoms. The van der Waals surface area contributed by atoms with E-state index in [1.54, 1.807) is 0 Å². The lowest BCUT2D eigenvalue weighted by Gasteiger charge is -2.37. The molecule has 1 saturated carbocycles. The Hall–Kier alpha value is -0.0800. The molecule has 0 aromatic heterocycles. The molecule has 0 radical (unpaired) electrons. The number of nitrogens with two attached hydrogens (primary N) is 1. The highest BCUT2D eigenvalue weighted by Crippen LogP contribution is 2.32. The second kappa shape index (κ2) is 6.49. The van der Waals surface area contributed by atoms with Crippen LogP contribution in [0.3, 0.4) is 0 Å². The molecule has 3 atom stereocenters. The van der Waals surface area contributed by atoms with Gasteiger partial charge in [0.25, 0.3) is 0 Å². The monoisotopic (exact) mass is 212 g/mol. The molecule has 2 nitrogen and oxygen atoms in total. The zero-order valence-corrected chi connectivity index (χ0v) is 10.7. The van der Waals surface area contributed by atoms with E-state index in [1.165, 1.54) is 38.6 Å². The van der Waals surface area contributed by atoms with Crippen LogP contribution >= 0.6 is 0 Å². The van der Waals surface area contributed by atoms with Gasteiger partial charge in [0.05, 0.1) is 0 Å². The molecule has 0 saturated heterocycles. The van der Waals surface area contributed by atoms with Crippen molar-refractivity contribution < 1.29 is 0 Å². The van der Waals surface area contributed by atoms with E-state index in [2.05, 4.69) is 25.8 Å². The molecule has 0 aliphatic heterocycles. The third-order valence-electron chi connectivity index (χ3n) is 3.91. The van der Waals surface area contributed by atoms with Crippen LogP contribution in [0, 0.1) is 11.8 Å². The molecule has 2 heteroatoms. The number of nitrogens with zero attached hydrogens (tertiary/aromatic N) is 1. The SMILES string of the molecule is CCCN(C)C(CN)C1CCCC(C)C1. The molecule has 3 unspecified atom stereocenters. The summed E-state index contributed by atoms with van der Waals surface area (Å²) in [5.74, 6) is 1.75. The fourth-order valence-corrected chi connectivity index (χ4v) is 3.08. The van der Waals surface area contributed by atoms with Gasteiger partial charge in [0.2, 0.25) is 0 Å². The minimum Gasteiger partial charge on any atom is -0.329 e. The molecule has 1 aliphatic rings. The minimum atomic E-state index is 0.618. The van der Waals surface area contributed by atoms with Gasteiger partial charge in [-0.2, -0.15) is 0 Å². The maximum absolute atomic E-state index is 5.94. The molecule has 15 heavy (non-hydrogen) atoms. The summed E-state index contributed by atoms with van der Waals surface area (Å²) >= 11 is 0. The van der Waals surface area contributed by atoms with Gasteiger partial charge >= 0.3 is 0 Å². The largest absolute Gasteiger partial charge is 0.329 e. The van der Waals surface area contributed by atoms with E-state index in [0.29, 0.717) is 6.04 Å². The van der Waals surface area contributed by atoms with Gasteiger partial charge in [-0.1, -0.05) is 26.7 Å². The molecule has 1 rings (SSSR count). The van der Waals surface area contributed by atoms with Gasteiger partial charge in [-0.25, -0.2) is 0 Å². The van der Waals surface area contributed by atoms with Crippen LogP contribution in [0.15, 0.2) is 0 Å². The number of hydrogen-bond donors (Lipinski definition) is 1.